The Kier molecular flexibility index (Phi) is 7.01. The van der Waals surface area contributed by atoms with Gasteiger partial charge < -0.3 is 20.0 Å². The van der Waals surface area contributed by atoms with E-state index in [1.54, 1.807) is 12.1 Å². The number of hydrogen-bond donors (Lipinski definition) is 2. The Morgan fingerprint density at radius 1 is 1.19 bits per heavy atom. The number of aromatic hydroxyl groups is 1. The second kappa shape index (κ2) is 9.52. The first-order valence-corrected chi connectivity index (χ1v) is 10.8. The maximum Gasteiger partial charge on any atom is 0.323 e. The molecule has 0 radical (unpaired) electrons. The van der Waals surface area contributed by atoms with E-state index in [0.29, 0.717) is 18.2 Å². The molecule has 1 amide bonds. The van der Waals surface area contributed by atoms with Gasteiger partial charge in [0, 0.05) is 25.2 Å². The Morgan fingerprint density at radius 2 is 1.94 bits per heavy atom. The number of phenolic OH excluding ortho intramolecular Hbond substituents is 1. The van der Waals surface area contributed by atoms with Crippen molar-refractivity contribution in [3.8, 4) is 5.75 Å². The number of amides is 1. The van der Waals surface area contributed by atoms with Crippen LogP contribution in [0, 0.1) is 12.8 Å². The number of phenols is 1. The van der Waals surface area contributed by atoms with Gasteiger partial charge in [0.2, 0.25) is 5.91 Å². The average molecular weight is 425 g/mol. The molecule has 0 aliphatic carbocycles. The molecule has 0 aromatic heterocycles. The van der Waals surface area contributed by atoms with Crippen molar-refractivity contribution in [2.45, 2.75) is 39.0 Å². The summed E-state index contributed by atoms with van der Waals surface area (Å²) < 4.78 is 0. The number of benzene rings is 2. The maximum absolute atomic E-state index is 13.0. The van der Waals surface area contributed by atoms with Crippen LogP contribution in [0.2, 0.25) is 0 Å². The van der Waals surface area contributed by atoms with Gasteiger partial charge in [0.25, 0.3) is 0 Å². The standard InChI is InChI=1S/C25H32N2O4/c1-18-7-4-5-10-22(18)27(17-24(30)31)23(29)11-13-26-14-12-25(3,19(2)16-26)20-8-6-9-21(28)15-20/h4-10,15,19,28H,11-14,16-17H2,1-3H3,(H,30,31)/t19-,25?/m0/s1. The molecule has 6 nitrogen and oxygen atoms in total. The lowest BCUT2D eigenvalue weighted by Crippen LogP contribution is -2.48. The molecule has 1 aliphatic heterocycles. The molecule has 1 fully saturated rings. The number of anilines is 1. The van der Waals surface area contributed by atoms with Crippen LogP contribution in [0.5, 0.6) is 5.75 Å². The lowest BCUT2D eigenvalue weighted by molar-refractivity contribution is -0.136. The molecule has 0 saturated carbocycles. The molecular weight excluding hydrogens is 392 g/mol. The molecule has 0 bridgehead atoms. The topological polar surface area (TPSA) is 81.1 Å². The highest BCUT2D eigenvalue weighted by molar-refractivity contribution is 5.98. The Hall–Kier alpha value is -2.86. The average Bonchev–Trinajstić information content (AvgIpc) is 2.73. The van der Waals surface area contributed by atoms with Gasteiger partial charge in [0.15, 0.2) is 0 Å². The van der Waals surface area contributed by atoms with Crippen molar-refractivity contribution in [1.29, 1.82) is 0 Å². The zero-order valence-electron chi connectivity index (χ0n) is 18.5. The molecule has 31 heavy (non-hydrogen) atoms. The van der Waals surface area contributed by atoms with Crippen LogP contribution in [-0.2, 0) is 15.0 Å². The van der Waals surface area contributed by atoms with Gasteiger partial charge in [-0.05, 0) is 60.5 Å². The number of carbonyl (C=O) groups is 2. The van der Waals surface area contributed by atoms with Gasteiger partial charge in [-0.3, -0.25) is 9.59 Å². The predicted molar refractivity (Wildman–Crippen MR) is 121 cm³/mol. The molecule has 1 aliphatic rings. The number of aryl methyl sites for hydroxylation is 1. The SMILES string of the molecule is Cc1ccccc1N(CC(=O)O)C(=O)CCN1CCC(C)(c2cccc(O)c2)[C@@H](C)C1. The van der Waals surface area contributed by atoms with Crippen molar-refractivity contribution in [2.24, 2.45) is 5.92 Å². The second-order valence-electron chi connectivity index (χ2n) is 8.83. The fraction of sp³-hybridized carbons (Fsp3) is 0.440. The molecule has 2 N–H and O–H groups in total. The van der Waals surface area contributed by atoms with Gasteiger partial charge >= 0.3 is 5.97 Å². The van der Waals surface area contributed by atoms with E-state index in [1.165, 1.54) is 4.90 Å². The summed E-state index contributed by atoms with van der Waals surface area (Å²) in [6.45, 7) is 8.29. The highest BCUT2D eigenvalue weighted by Gasteiger charge is 2.38. The van der Waals surface area contributed by atoms with E-state index in [1.807, 2.05) is 37.3 Å². The zero-order valence-corrected chi connectivity index (χ0v) is 18.5. The molecule has 1 unspecified atom stereocenters. The van der Waals surface area contributed by atoms with Gasteiger partial charge in [0.1, 0.15) is 12.3 Å². The quantitative estimate of drug-likeness (QED) is 0.706. The predicted octanol–water partition coefficient (Wildman–Crippen LogP) is 3.81. The molecule has 2 aromatic carbocycles. The number of carboxylic acids is 1. The largest absolute Gasteiger partial charge is 0.508 e. The van der Waals surface area contributed by atoms with Crippen molar-refractivity contribution in [2.75, 3.05) is 31.1 Å². The van der Waals surface area contributed by atoms with Crippen LogP contribution in [-0.4, -0.2) is 53.2 Å². The highest BCUT2D eigenvalue weighted by atomic mass is 16.4. The van der Waals surface area contributed by atoms with Gasteiger partial charge in [-0.1, -0.05) is 44.2 Å². The summed E-state index contributed by atoms with van der Waals surface area (Å²) in [5.74, 6) is -0.561. The van der Waals surface area contributed by atoms with Crippen molar-refractivity contribution >= 4 is 17.6 Å². The van der Waals surface area contributed by atoms with E-state index in [2.05, 4.69) is 24.8 Å². The number of nitrogens with zero attached hydrogens (tertiary/aromatic N) is 2. The van der Waals surface area contributed by atoms with Crippen molar-refractivity contribution in [3.05, 3.63) is 59.7 Å². The molecule has 3 rings (SSSR count). The van der Waals surface area contributed by atoms with Crippen LogP contribution >= 0.6 is 0 Å². The van der Waals surface area contributed by atoms with E-state index < -0.39 is 5.97 Å². The first-order valence-electron chi connectivity index (χ1n) is 10.8. The molecule has 6 heteroatoms. The van der Waals surface area contributed by atoms with Crippen LogP contribution in [0.25, 0.3) is 0 Å². The minimum Gasteiger partial charge on any atom is -0.508 e. The van der Waals surface area contributed by atoms with Gasteiger partial charge in [-0.15, -0.1) is 0 Å². The van der Waals surface area contributed by atoms with E-state index in [0.717, 1.165) is 30.6 Å². The molecular formula is C25H32N2O4. The lowest BCUT2D eigenvalue weighted by atomic mass is 9.68. The third-order valence-electron chi connectivity index (χ3n) is 6.72. The third-order valence-corrected chi connectivity index (χ3v) is 6.72. The minimum absolute atomic E-state index is 0.0320. The van der Waals surface area contributed by atoms with Gasteiger partial charge in [-0.2, -0.15) is 0 Å². The Balaban J connectivity index is 1.64. The zero-order chi connectivity index (χ0) is 22.6. The number of hydrogen-bond acceptors (Lipinski definition) is 4. The molecule has 2 aromatic rings. The van der Waals surface area contributed by atoms with Crippen LogP contribution in [0.3, 0.4) is 0 Å². The van der Waals surface area contributed by atoms with Crippen molar-refractivity contribution < 1.29 is 19.8 Å². The second-order valence-corrected chi connectivity index (χ2v) is 8.83. The van der Waals surface area contributed by atoms with E-state index in [4.69, 9.17) is 0 Å². The summed E-state index contributed by atoms with van der Waals surface area (Å²) in [5.41, 5.74) is 2.64. The van der Waals surface area contributed by atoms with Gasteiger partial charge in [0.05, 0.1) is 0 Å². The summed E-state index contributed by atoms with van der Waals surface area (Å²) in [6.07, 6.45) is 1.21. The minimum atomic E-state index is -1.02. The number of likely N-dealkylation sites (tertiary alicyclic amines) is 1. The fourth-order valence-electron chi connectivity index (χ4n) is 4.51. The Labute approximate surface area is 184 Å². The number of aliphatic carboxylic acids is 1. The third kappa shape index (κ3) is 5.25. The summed E-state index contributed by atoms with van der Waals surface area (Å²) in [5, 5.41) is 19.2. The molecule has 166 valence electrons. The Morgan fingerprint density at radius 3 is 2.58 bits per heavy atom. The number of rotatable bonds is 7. The van der Waals surface area contributed by atoms with Crippen LogP contribution in [0.4, 0.5) is 5.69 Å². The summed E-state index contributed by atoms with van der Waals surface area (Å²) in [6, 6.07) is 14.9. The van der Waals surface area contributed by atoms with E-state index >= 15 is 0 Å². The first-order chi connectivity index (χ1) is 14.7. The number of carbonyl (C=O) groups excluding carboxylic acids is 1. The molecule has 1 heterocycles. The van der Waals surface area contributed by atoms with E-state index in [-0.39, 0.29) is 30.0 Å². The number of para-hydroxylation sites is 1. The molecule has 0 spiro atoms. The summed E-state index contributed by atoms with van der Waals surface area (Å²) in [7, 11) is 0. The molecule has 1 saturated heterocycles. The lowest BCUT2D eigenvalue weighted by Gasteiger charge is -2.45. The molecule has 2 atom stereocenters. The first kappa shape index (κ1) is 22.8. The highest BCUT2D eigenvalue weighted by Crippen LogP contribution is 2.40. The maximum atomic E-state index is 13.0. The summed E-state index contributed by atoms with van der Waals surface area (Å²) in [4.78, 5) is 28.0. The monoisotopic (exact) mass is 424 g/mol. The van der Waals surface area contributed by atoms with Crippen LogP contribution < -0.4 is 4.90 Å². The van der Waals surface area contributed by atoms with Crippen LogP contribution in [0.1, 0.15) is 37.8 Å². The Bertz CT molecular complexity index is 945. The van der Waals surface area contributed by atoms with Crippen LogP contribution in [0.15, 0.2) is 48.5 Å². The smallest absolute Gasteiger partial charge is 0.323 e. The van der Waals surface area contributed by atoms with Gasteiger partial charge in [-0.25, -0.2) is 0 Å². The number of piperidine rings is 1. The van der Waals surface area contributed by atoms with Crippen molar-refractivity contribution in [1.82, 2.24) is 4.90 Å². The summed E-state index contributed by atoms with van der Waals surface area (Å²) >= 11 is 0. The van der Waals surface area contributed by atoms with Crippen molar-refractivity contribution in [3.63, 3.8) is 0 Å². The van der Waals surface area contributed by atoms with E-state index in [9.17, 15) is 19.8 Å². The fourth-order valence-corrected chi connectivity index (χ4v) is 4.51. The normalized spacial score (nSPS) is 21.6. The number of carboxylic acid groups (broad SMARTS) is 1.